The Balaban J connectivity index is 2.14. The maximum absolute atomic E-state index is 5.98. The Morgan fingerprint density at radius 1 is 1.60 bits per heavy atom. The van der Waals surface area contributed by atoms with Gasteiger partial charge in [0.2, 0.25) is 0 Å². The van der Waals surface area contributed by atoms with Gasteiger partial charge in [-0.25, -0.2) is 0 Å². The second-order valence-electron chi connectivity index (χ2n) is 3.89. The van der Waals surface area contributed by atoms with Crippen LogP contribution in [-0.2, 0) is 4.74 Å². The van der Waals surface area contributed by atoms with Gasteiger partial charge in [-0.05, 0) is 13.0 Å². The number of nitrogens with one attached hydrogen (secondary N) is 1. The standard InChI is InChI=1S/C10H16ClN3O/c1-8-7-15-4-3-14(8)9-5-10(11)12-13(2)6-9/h5-6,8,12H,3-4,7H2,1-2H3/t8-/m0/s1. The third kappa shape index (κ3) is 2.38. The minimum absolute atomic E-state index is 0.400. The summed E-state index contributed by atoms with van der Waals surface area (Å²) in [7, 11) is 1.93. The van der Waals surface area contributed by atoms with Crippen molar-refractivity contribution in [1.29, 1.82) is 0 Å². The minimum Gasteiger partial charge on any atom is -0.377 e. The van der Waals surface area contributed by atoms with Gasteiger partial charge in [-0.2, -0.15) is 0 Å². The normalized spacial score (nSPS) is 27.0. The summed E-state index contributed by atoms with van der Waals surface area (Å²) >= 11 is 5.98. The van der Waals surface area contributed by atoms with Gasteiger partial charge in [-0.15, -0.1) is 0 Å². The van der Waals surface area contributed by atoms with Crippen LogP contribution in [0.2, 0.25) is 0 Å². The zero-order valence-corrected chi connectivity index (χ0v) is 9.79. The van der Waals surface area contributed by atoms with Gasteiger partial charge in [0, 0.05) is 25.8 Å². The monoisotopic (exact) mass is 229 g/mol. The SMILES string of the molecule is C[C@H]1COCCN1C1=CN(C)NC(Cl)=C1. The zero-order valence-electron chi connectivity index (χ0n) is 9.03. The molecule has 0 aromatic rings. The molecule has 1 N–H and O–H groups in total. The van der Waals surface area contributed by atoms with E-state index < -0.39 is 0 Å². The number of hydrazine groups is 1. The van der Waals surface area contributed by atoms with Crippen molar-refractivity contribution in [3.63, 3.8) is 0 Å². The molecule has 2 rings (SSSR count). The van der Waals surface area contributed by atoms with Crippen LogP contribution in [0.15, 0.2) is 23.1 Å². The molecule has 0 aliphatic carbocycles. The molecular weight excluding hydrogens is 214 g/mol. The second-order valence-corrected chi connectivity index (χ2v) is 4.29. The van der Waals surface area contributed by atoms with Crippen LogP contribution >= 0.6 is 11.6 Å². The number of rotatable bonds is 1. The lowest BCUT2D eigenvalue weighted by atomic mass is 10.2. The fourth-order valence-electron chi connectivity index (χ4n) is 1.87. The average Bonchev–Trinajstić information content (AvgIpc) is 2.16. The van der Waals surface area contributed by atoms with Crippen LogP contribution in [0.5, 0.6) is 0 Å². The Hall–Kier alpha value is -0.870. The summed E-state index contributed by atoms with van der Waals surface area (Å²) in [5.74, 6) is 0. The van der Waals surface area contributed by atoms with E-state index in [1.165, 1.54) is 0 Å². The lowest BCUT2D eigenvalue weighted by molar-refractivity contribution is 0.0175. The molecule has 84 valence electrons. The molecule has 2 aliphatic rings. The molecule has 0 aromatic carbocycles. The molecule has 0 unspecified atom stereocenters. The first-order chi connectivity index (χ1) is 7.16. The molecule has 0 saturated carbocycles. The van der Waals surface area contributed by atoms with E-state index in [0.29, 0.717) is 11.2 Å². The lowest BCUT2D eigenvalue weighted by Crippen LogP contribution is -2.44. The molecule has 1 saturated heterocycles. The third-order valence-electron chi connectivity index (χ3n) is 2.58. The molecule has 0 aromatic heterocycles. The van der Waals surface area contributed by atoms with Gasteiger partial charge < -0.3 is 9.64 Å². The van der Waals surface area contributed by atoms with Crippen LogP contribution in [-0.4, -0.2) is 42.8 Å². The molecule has 0 bridgehead atoms. The van der Waals surface area contributed by atoms with Crippen LogP contribution in [0.3, 0.4) is 0 Å². The van der Waals surface area contributed by atoms with Crippen molar-refractivity contribution in [2.24, 2.45) is 0 Å². The van der Waals surface area contributed by atoms with Crippen molar-refractivity contribution in [3.8, 4) is 0 Å². The fraction of sp³-hybridized carbons (Fsp3) is 0.600. The van der Waals surface area contributed by atoms with Gasteiger partial charge in [0.05, 0.1) is 18.9 Å². The average molecular weight is 230 g/mol. The molecule has 4 nitrogen and oxygen atoms in total. The summed E-state index contributed by atoms with van der Waals surface area (Å²) in [5, 5.41) is 2.51. The van der Waals surface area contributed by atoms with E-state index in [1.54, 1.807) is 0 Å². The predicted molar refractivity (Wildman–Crippen MR) is 59.9 cm³/mol. The molecule has 0 amide bonds. The number of halogens is 1. The Morgan fingerprint density at radius 2 is 2.40 bits per heavy atom. The number of nitrogens with zero attached hydrogens (tertiary/aromatic N) is 2. The molecule has 2 aliphatic heterocycles. The van der Waals surface area contributed by atoms with E-state index in [2.05, 4.69) is 17.2 Å². The van der Waals surface area contributed by atoms with Crippen LogP contribution < -0.4 is 5.43 Å². The number of ether oxygens (including phenoxy) is 1. The zero-order chi connectivity index (χ0) is 10.8. The Labute approximate surface area is 95.1 Å². The van der Waals surface area contributed by atoms with Crippen molar-refractivity contribution >= 4 is 11.6 Å². The molecule has 0 spiro atoms. The topological polar surface area (TPSA) is 27.7 Å². The van der Waals surface area contributed by atoms with Crippen molar-refractivity contribution in [2.75, 3.05) is 26.8 Å². The van der Waals surface area contributed by atoms with Gasteiger partial charge in [-0.3, -0.25) is 10.4 Å². The first-order valence-corrected chi connectivity index (χ1v) is 5.47. The first-order valence-electron chi connectivity index (χ1n) is 5.10. The van der Waals surface area contributed by atoms with E-state index >= 15 is 0 Å². The molecular formula is C10H16ClN3O. The van der Waals surface area contributed by atoms with E-state index in [9.17, 15) is 0 Å². The van der Waals surface area contributed by atoms with Crippen LogP contribution in [0.4, 0.5) is 0 Å². The lowest BCUT2D eigenvalue weighted by Gasteiger charge is -2.38. The van der Waals surface area contributed by atoms with Gasteiger partial charge in [0.1, 0.15) is 5.16 Å². The van der Waals surface area contributed by atoms with E-state index in [0.717, 1.165) is 25.5 Å². The second kappa shape index (κ2) is 4.33. The molecule has 0 radical (unpaired) electrons. The highest BCUT2D eigenvalue weighted by atomic mass is 35.5. The Bertz CT molecular complexity index is 303. The summed E-state index contributed by atoms with van der Waals surface area (Å²) in [5.41, 5.74) is 4.12. The Morgan fingerprint density at radius 3 is 3.07 bits per heavy atom. The minimum atomic E-state index is 0.400. The van der Waals surface area contributed by atoms with E-state index in [-0.39, 0.29) is 0 Å². The van der Waals surface area contributed by atoms with Gasteiger partial charge in [0.25, 0.3) is 0 Å². The summed E-state index contributed by atoms with van der Waals surface area (Å²) in [4.78, 5) is 2.31. The smallest absolute Gasteiger partial charge is 0.123 e. The van der Waals surface area contributed by atoms with Crippen LogP contribution in [0.1, 0.15) is 6.92 Å². The van der Waals surface area contributed by atoms with Crippen LogP contribution in [0, 0.1) is 0 Å². The van der Waals surface area contributed by atoms with Gasteiger partial charge in [-0.1, -0.05) is 11.6 Å². The molecule has 2 heterocycles. The van der Waals surface area contributed by atoms with Gasteiger partial charge >= 0.3 is 0 Å². The van der Waals surface area contributed by atoms with Crippen LogP contribution in [0.25, 0.3) is 0 Å². The number of hydrogen-bond donors (Lipinski definition) is 1. The quantitative estimate of drug-likeness (QED) is 0.681. The maximum Gasteiger partial charge on any atom is 0.123 e. The van der Waals surface area contributed by atoms with Crippen molar-refractivity contribution in [2.45, 2.75) is 13.0 Å². The number of hydrogen-bond acceptors (Lipinski definition) is 4. The number of allylic oxidation sites excluding steroid dienone is 1. The molecule has 15 heavy (non-hydrogen) atoms. The maximum atomic E-state index is 5.98. The third-order valence-corrected chi connectivity index (χ3v) is 2.78. The predicted octanol–water partition coefficient (Wildman–Crippen LogP) is 1.08. The van der Waals surface area contributed by atoms with E-state index in [1.807, 2.05) is 24.3 Å². The molecule has 1 fully saturated rings. The highest BCUT2D eigenvalue weighted by Gasteiger charge is 2.22. The summed E-state index contributed by atoms with van der Waals surface area (Å²) in [6, 6.07) is 0.400. The summed E-state index contributed by atoms with van der Waals surface area (Å²) in [6.45, 7) is 4.63. The van der Waals surface area contributed by atoms with Gasteiger partial charge in [0.15, 0.2) is 0 Å². The van der Waals surface area contributed by atoms with Crippen molar-refractivity contribution < 1.29 is 4.74 Å². The summed E-state index contributed by atoms with van der Waals surface area (Å²) < 4.78 is 5.40. The Kier molecular flexibility index (Phi) is 3.07. The van der Waals surface area contributed by atoms with E-state index in [4.69, 9.17) is 16.3 Å². The molecule has 5 heteroatoms. The van der Waals surface area contributed by atoms with Crippen molar-refractivity contribution in [1.82, 2.24) is 15.3 Å². The first kappa shape index (κ1) is 10.6. The number of morpholine rings is 1. The fourth-order valence-corrected chi connectivity index (χ4v) is 2.11. The highest BCUT2D eigenvalue weighted by Crippen LogP contribution is 2.19. The largest absolute Gasteiger partial charge is 0.377 e. The highest BCUT2D eigenvalue weighted by molar-refractivity contribution is 6.29. The molecule has 1 atom stereocenters. The van der Waals surface area contributed by atoms with Crippen molar-refractivity contribution in [3.05, 3.63) is 23.1 Å². The summed E-state index contributed by atoms with van der Waals surface area (Å²) in [6.07, 6.45) is 3.98.